The molecule has 1 aliphatic carbocycles. The summed E-state index contributed by atoms with van der Waals surface area (Å²) in [5.74, 6) is 0.962. The highest BCUT2D eigenvalue weighted by atomic mass is 32.2. The van der Waals surface area contributed by atoms with Gasteiger partial charge in [0.15, 0.2) is 5.65 Å². The Bertz CT molecular complexity index is 510. The van der Waals surface area contributed by atoms with Crippen molar-refractivity contribution in [2.24, 2.45) is 0 Å². The first-order valence-corrected chi connectivity index (χ1v) is 7.25. The number of hydrogen-bond acceptors (Lipinski definition) is 4. The molecule has 2 heterocycles. The molecule has 1 saturated carbocycles. The van der Waals surface area contributed by atoms with Crippen LogP contribution in [0.1, 0.15) is 19.3 Å². The van der Waals surface area contributed by atoms with Crippen molar-refractivity contribution in [1.82, 2.24) is 14.6 Å². The van der Waals surface area contributed by atoms with Gasteiger partial charge in [-0.15, -0.1) is 0 Å². The third-order valence-electron chi connectivity index (χ3n) is 3.35. The second kappa shape index (κ2) is 4.56. The molecule has 0 spiro atoms. The standard InChI is InChI=1S/C12H16N4S/c1-17-10-4-2-3-9(10)14-11-6-8-16-12(15-11)5-7-13-16/h5-10H,2-4H2,1H3,(H,14,15). The maximum Gasteiger partial charge on any atom is 0.157 e. The van der Waals surface area contributed by atoms with Crippen molar-refractivity contribution in [2.45, 2.75) is 30.6 Å². The lowest BCUT2D eigenvalue weighted by Crippen LogP contribution is -2.26. The predicted octanol–water partition coefficient (Wildman–Crippen LogP) is 2.43. The van der Waals surface area contributed by atoms with Crippen molar-refractivity contribution in [3.05, 3.63) is 24.5 Å². The molecular weight excluding hydrogens is 232 g/mol. The first-order valence-electron chi connectivity index (χ1n) is 5.96. The molecule has 17 heavy (non-hydrogen) atoms. The summed E-state index contributed by atoms with van der Waals surface area (Å²) in [6.45, 7) is 0. The molecule has 0 aliphatic heterocycles. The lowest BCUT2D eigenvalue weighted by molar-refractivity contribution is 0.762. The zero-order valence-electron chi connectivity index (χ0n) is 9.84. The molecule has 2 atom stereocenters. The highest BCUT2D eigenvalue weighted by molar-refractivity contribution is 7.99. The molecule has 0 radical (unpaired) electrons. The van der Waals surface area contributed by atoms with E-state index in [9.17, 15) is 0 Å². The van der Waals surface area contributed by atoms with E-state index >= 15 is 0 Å². The number of fused-ring (bicyclic) bond motifs is 1. The van der Waals surface area contributed by atoms with Gasteiger partial charge in [-0.25, -0.2) is 9.50 Å². The number of aromatic nitrogens is 3. The van der Waals surface area contributed by atoms with Gasteiger partial charge in [0.05, 0.1) is 6.20 Å². The fourth-order valence-corrected chi connectivity index (χ4v) is 3.39. The monoisotopic (exact) mass is 248 g/mol. The molecule has 0 amide bonds. The SMILES string of the molecule is CSC1CCCC1Nc1ccn2nccc2n1. The minimum absolute atomic E-state index is 0.558. The third kappa shape index (κ3) is 2.11. The Kier molecular flexibility index (Phi) is 2.93. The highest BCUT2D eigenvalue weighted by Gasteiger charge is 2.26. The zero-order chi connectivity index (χ0) is 11.7. The van der Waals surface area contributed by atoms with Gasteiger partial charge in [0.1, 0.15) is 5.82 Å². The first kappa shape index (κ1) is 10.9. The quantitative estimate of drug-likeness (QED) is 0.906. The molecule has 2 aromatic heterocycles. The van der Waals surface area contributed by atoms with Gasteiger partial charge in [0.2, 0.25) is 0 Å². The Hall–Kier alpha value is -1.23. The molecule has 1 fully saturated rings. The topological polar surface area (TPSA) is 42.2 Å². The van der Waals surface area contributed by atoms with Crippen molar-refractivity contribution in [3.8, 4) is 0 Å². The zero-order valence-corrected chi connectivity index (χ0v) is 10.7. The van der Waals surface area contributed by atoms with E-state index in [1.807, 2.05) is 30.1 Å². The van der Waals surface area contributed by atoms with Crippen LogP contribution >= 0.6 is 11.8 Å². The summed E-state index contributed by atoms with van der Waals surface area (Å²) in [7, 11) is 0. The van der Waals surface area contributed by atoms with Crippen molar-refractivity contribution in [3.63, 3.8) is 0 Å². The van der Waals surface area contributed by atoms with E-state index in [1.54, 1.807) is 10.7 Å². The van der Waals surface area contributed by atoms with Gasteiger partial charge in [0, 0.05) is 23.6 Å². The van der Waals surface area contributed by atoms with Gasteiger partial charge in [0.25, 0.3) is 0 Å². The van der Waals surface area contributed by atoms with E-state index in [-0.39, 0.29) is 0 Å². The molecule has 3 rings (SSSR count). The van der Waals surface area contributed by atoms with Gasteiger partial charge >= 0.3 is 0 Å². The largest absolute Gasteiger partial charge is 0.366 e. The average Bonchev–Trinajstić information content (AvgIpc) is 2.96. The lowest BCUT2D eigenvalue weighted by atomic mass is 10.2. The summed E-state index contributed by atoms with van der Waals surface area (Å²) < 4.78 is 1.78. The van der Waals surface area contributed by atoms with Crippen molar-refractivity contribution >= 4 is 23.2 Å². The number of nitrogens with zero attached hydrogens (tertiary/aromatic N) is 3. The normalized spacial score (nSPS) is 24.3. The summed E-state index contributed by atoms with van der Waals surface area (Å²) in [6, 6.07) is 4.48. The summed E-state index contributed by atoms with van der Waals surface area (Å²) in [5.41, 5.74) is 0.897. The second-order valence-electron chi connectivity index (χ2n) is 4.40. The third-order valence-corrected chi connectivity index (χ3v) is 4.52. The second-order valence-corrected chi connectivity index (χ2v) is 5.48. The van der Waals surface area contributed by atoms with Crippen LogP contribution in [-0.4, -0.2) is 32.1 Å². The van der Waals surface area contributed by atoms with Crippen molar-refractivity contribution in [2.75, 3.05) is 11.6 Å². The van der Waals surface area contributed by atoms with E-state index in [0.29, 0.717) is 6.04 Å². The molecule has 5 heteroatoms. The number of hydrogen-bond donors (Lipinski definition) is 1. The molecule has 0 bridgehead atoms. The summed E-state index contributed by atoms with van der Waals surface area (Å²) in [4.78, 5) is 4.55. The Balaban J connectivity index is 1.79. The van der Waals surface area contributed by atoms with Gasteiger partial charge < -0.3 is 5.32 Å². The van der Waals surface area contributed by atoms with Crippen molar-refractivity contribution < 1.29 is 0 Å². The summed E-state index contributed by atoms with van der Waals surface area (Å²) >= 11 is 1.96. The van der Waals surface area contributed by atoms with Crippen molar-refractivity contribution in [1.29, 1.82) is 0 Å². The Morgan fingerprint density at radius 1 is 1.41 bits per heavy atom. The molecule has 0 saturated heterocycles. The Morgan fingerprint density at radius 3 is 3.24 bits per heavy atom. The lowest BCUT2D eigenvalue weighted by Gasteiger charge is -2.19. The number of nitrogens with one attached hydrogen (secondary N) is 1. The van der Waals surface area contributed by atoms with Crippen LogP contribution in [0, 0.1) is 0 Å². The number of anilines is 1. The Labute approximate surface area is 105 Å². The minimum atomic E-state index is 0.558. The number of thioether (sulfide) groups is 1. The smallest absolute Gasteiger partial charge is 0.157 e. The van der Waals surface area contributed by atoms with E-state index < -0.39 is 0 Å². The molecular formula is C12H16N4S. The maximum atomic E-state index is 4.55. The van der Waals surface area contributed by atoms with Gasteiger partial charge in [-0.3, -0.25) is 0 Å². The predicted molar refractivity (Wildman–Crippen MR) is 71.6 cm³/mol. The molecule has 1 N–H and O–H groups in total. The van der Waals surface area contributed by atoms with E-state index in [0.717, 1.165) is 16.7 Å². The average molecular weight is 248 g/mol. The van der Waals surface area contributed by atoms with Gasteiger partial charge in [-0.2, -0.15) is 16.9 Å². The summed E-state index contributed by atoms with van der Waals surface area (Å²) in [6.07, 6.45) is 9.79. The minimum Gasteiger partial charge on any atom is -0.366 e. The van der Waals surface area contributed by atoms with E-state index in [2.05, 4.69) is 21.7 Å². The maximum absolute atomic E-state index is 4.55. The highest BCUT2D eigenvalue weighted by Crippen LogP contribution is 2.30. The van der Waals surface area contributed by atoms with Crippen LogP contribution in [-0.2, 0) is 0 Å². The molecule has 2 aromatic rings. The van der Waals surface area contributed by atoms with Crippen LogP contribution in [0.25, 0.3) is 5.65 Å². The van der Waals surface area contributed by atoms with Crippen LogP contribution in [0.15, 0.2) is 24.5 Å². The fourth-order valence-electron chi connectivity index (χ4n) is 2.46. The molecule has 0 aromatic carbocycles. The van der Waals surface area contributed by atoms with Gasteiger partial charge in [-0.1, -0.05) is 6.42 Å². The molecule has 1 aliphatic rings. The van der Waals surface area contributed by atoms with Crippen LogP contribution in [0.3, 0.4) is 0 Å². The molecule has 90 valence electrons. The fraction of sp³-hybridized carbons (Fsp3) is 0.500. The van der Waals surface area contributed by atoms with Crippen LogP contribution < -0.4 is 5.32 Å². The van der Waals surface area contributed by atoms with Gasteiger partial charge in [-0.05, 0) is 25.2 Å². The first-order chi connectivity index (χ1) is 8.36. The van der Waals surface area contributed by atoms with E-state index in [4.69, 9.17) is 0 Å². The summed E-state index contributed by atoms with van der Waals surface area (Å²) in [5, 5.41) is 8.42. The Morgan fingerprint density at radius 2 is 2.35 bits per heavy atom. The molecule has 4 nitrogen and oxygen atoms in total. The number of rotatable bonds is 3. The molecule has 2 unspecified atom stereocenters. The van der Waals surface area contributed by atoms with E-state index in [1.165, 1.54) is 19.3 Å². The van der Waals surface area contributed by atoms with Crippen LogP contribution in [0.2, 0.25) is 0 Å². The van der Waals surface area contributed by atoms with Crippen LogP contribution in [0.4, 0.5) is 5.82 Å². The van der Waals surface area contributed by atoms with Crippen LogP contribution in [0.5, 0.6) is 0 Å².